The van der Waals surface area contributed by atoms with Gasteiger partial charge in [-0.15, -0.1) is 4.40 Å². The molecule has 2 aliphatic heterocycles. The average molecular weight is 563 g/mol. The molecule has 5 rings (SSSR count). The van der Waals surface area contributed by atoms with Gasteiger partial charge in [0, 0.05) is 24.2 Å². The standard InChI is InChI=1S/C25H27FN4O6S2/c1-25(12-15-3-4-15)14-30(13-16-5-7-17(26)8-6-16)24(32)21(22(25)31)23-27-19-10-9-18(28-37(2,33)34)11-20(19)38(35,36)29-23/h5-11,15,28,31H,3-4,12-14H2,1-2H3,(H,27,29)/t25-/m0/s1. The van der Waals surface area contributed by atoms with Crippen LogP contribution in [0.2, 0.25) is 0 Å². The van der Waals surface area contributed by atoms with Gasteiger partial charge in [0.15, 0.2) is 5.84 Å². The maximum atomic E-state index is 13.7. The Morgan fingerprint density at radius 2 is 1.89 bits per heavy atom. The highest BCUT2D eigenvalue weighted by Crippen LogP contribution is 2.47. The number of halogens is 1. The van der Waals surface area contributed by atoms with Gasteiger partial charge in [0.05, 0.1) is 11.9 Å². The summed E-state index contributed by atoms with van der Waals surface area (Å²) >= 11 is 0. The number of carbonyl (C=O) groups is 1. The largest absolute Gasteiger partial charge is 0.511 e. The van der Waals surface area contributed by atoms with Crippen LogP contribution in [-0.4, -0.2) is 51.4 Å². The molecular weight excluding hydrogens is 535 g/mol. The van der Waals surface area contributed by atoms with Crippen LogP contribution in [0.1, 0.15) is 31.7 Å². The lowest BCUT2D eigenvalue weighted by Gasteiger charge is -2.41. The maximum Gasteiger partial charge on any atom is 0.286 e. The Morgan fingerprint density at radius 3 is 2.53 bits per heavy atom. The number of fused-ring (bicyclic) bond motifs is 1. The maximum absolute atomic E-state index is 13.7. The topological polar surface area (TPSA) is 145 Å². The monoisotopic (exact) mass is 562 g/mol. The van der Waals surface area contributed by atoms with Crippen LogP contribution in [0.15, 0.2) is 63.1 Å². The summed E-state index contributed by atoms with van der Waals surface area (Å²) in [5, 5.41) is 14.2. The van der Waals surface area contributed by atoms with E-state index < -0.39 is 37.2 Å². The SMILES string of the molecule is C[C@]1(CC2CC2)CN(Cc2ccc(F)cc2)C(=O)C(C2=NS(=O)(=O)c3cc(NS(C)(=O)=O)ccc3N2)=C1O. The van der Waals surface area contributed by atoms with Crippen molar-refractivity contribution in [3.8, 4) is 0 Å². The van der Waals surface area contributed by atoms with Crippen molar-refractivity contribution in [3.63, 3.8) is 0 Å². The van der Waals surface area contributed by atoms with Crippen LogP contribution in [0.25, 0.3) is 0 Å². The Bertz CT molecular complexity index is 1600. The zero-order valence-corrected chi connectivity index (χ0v) is 22.4. The summed E-state index contributed by atoms with van der Waals surface area (Å²) in [6.45, 7) is 2.17. The molecule has 0 aromatic heterocycles. The van der Waals surface area contributed by atoms with Gasteiger partial charge in [-0.1, -0.05) is 31.9 Å². The number of nitrogens with zero attached hydrogens (tertiary/aromatic N) is 2. The number of amidine groups is 1. The van der Waals surface area contributed by atoms with Crippen molar-refractivity contribution >= 4 is 43.2 Å². The van der Waals surface area contributed by atoms with Crippen LogP contribution >= 0.6 is 0 Å². The number of hydrogen-bond acceptors (Lipinski definition) is 7. The van der Waals surface area contributed by atoms with Crippen LogP contribution < -0.4 is 10.0 Å². The van der Waals surface area contributed by atoms with E-state index >= 15 is 0 Å². The molecule has 2 aromatic carbocycles. The number of sulfonamides is 2. The van der Waals surface area contributed by atoms with Gasteiger partial charge in [0.1, 0.15) is 22.0 Å². The molecule has 1 aliphatic carbocycles. The Balaban J connectivity index is 1.55. The molecule has 10 nitrogen and oxygen atoms in total. The van der Waals surface area contributed by atoms with Crippen LogP contribution in [0.3, 0.4) is 0 Å². The lowest BCUT2D eigenvalue weighted by atomic mass is 9.77. The van der Waals surface area contributed by atoms with Crippen LogP contribution in [0.4, 0.5) is 15.8 Å². The summed E-state index contributed by atoms with van der Waals surface area (Å²) in [5.41, 5.74) is -0.289. The van der Waals surface area contributed by atoms with E-state index in [4.69, 9.17) is 0 Å². The first-order valence-electron chi connectivity index (χ1n) is 12.0. The fraction of sp³-hybridized carbons (Fsp3) is 0.360. The van der Waals surface area contributed by atoms with Crippen molar-refractivity contribution in [1.82, 2.24) is 4.90 Å². The number of anilines is 2. The van der Waals surface area contributed by atoms with Crippen LogP contribution in [-0.2, 0) is 31.4 Å². The minimum atomic E-state index is -4.36. The summed E-state index contributed by atoms with van der Waals surface area (Å²) in [5.74, 6) is -1.18. The molecule has 2 heterocycles. The minimum Gasteiger partial charge on any atom is -0.511 e. The number of aliphatic hydroxyl groups is 1. The predicted molar refractivity (Wildman–Crippen MR) is 140 cm³/mol. The summed E-state index contributed by atoms with van der Waals surface area (Å²) < 4.78 is 68.9. The molecule has 0 saturated heterocycles. The van der Waals surface area contributed by atoms with Gasteiger partial charge < -0.3 is 15.3 Å². The molecule has 202 valence electrons. The van der Waals surface area contributed by atoms with Gasteiger partial charge >= 0.3 is 0 Å². The number of rotatable bonds is 7. The fourth-order valence-electron chi connectivity index (χ4n) is 4.95. The molecule has 0 unspecified atom stereocenters. The third-order valence-electron chi connectivity index (χ3n) is 6.84. The molecule has 3 aliphatic rings. The van der Waals surface area contributed by atoms with Crippen molar-refractivity contribution in [2.75, 3.05) is 22.8 Å². The molecule has 1 atom stereocenters. The smallest absolute Gasteiger partial charge is 0.286 e. The second kappa shape index (κ2) is 9.09. The number of hydrogen-bond donors (Lipinski definition) is 3. The zero-order valence-electron chi connectivity index (χ0n) is 20.7. The van der Waals surface area contributed by atoms with E-state index in [2.05, 4.69) is 14.4 Å². The second-order valence-corrected chi connectivity index (χ2v) is 13.7. The highest BCUT2D eigenvalue weighted by Gasteiger charge is 2.47. The van der Waals surface area contributed by atoms with Crippen molar-refractivity contribution < 1.29 is 31.1 Å². The van der Waals surface area contributed by atoms with Crippen LogP contribution in [0.5, 0.6) is 0 Å². The third-order valence-corrected chi connectivity index (χ3v) is 8.76. The third kappa shape index (κ3) is 5.25. The quantitative estimate of drug-likeness (QED) is 0.469. The van der Waals surface area contributed by atoms with Crippen molar-refractivity contribution in [1.29, 1.82) is 0 Å². The number of benzene rings is 2. The first-order valence-corrected chi connectivity index (χ1v) is 15.3. The molecule has 1 saturated carbocycles. The lowest BCUT2D eigenvalue weighted by molar-refractivity contribution is -0.130. The summed E-state index contributed by atoms with van der Waals surface area (Å²) in [7, 11) is -8.01. The first-order chi connectivity index (χ1) is 17.7. The van der Waals surface area contributed by atoms with Crippen molar-refractivity contribution in [2.45, 2.75) is 37.6 Å². The normalized spacial score (nSPS) is 23.0. The Labute approximate surface area is 220 Å². The average Bonchev–Trinajstić information content (AvgIpc) is 3.62. The van der Waals surface area contributed by atoms with Crippen LogP contribution in [0, 0.1) is 17.2 Å². The molecule has 13 heteroatoms. The molecule has 3 N–H and O–H groups in total. The van der Waals surface area contributed by atoms with E-state index in [0.29, 0.717) is 17.9 Å². The molecule has 0 radical (unpaired) electrons. The number of aliphatic hydroxyl groups excluding tert-OH is 1. The van der Waals surface area contributed by atoms with Gasteiger partial charge in [-0.25, -0.2) is 12.8 Å². The Kier molecular flexibility index (Phi) is 6.26. The molecule has 38 heavy (non-hydrogen) atoms. The Morgan fingerprint density at radius 1 is 1.21 bits per heavy atom. The van der Waals surface area contributed by atoms with E-state index in [1.54, 1.807) is 12.1 Å². The van der Waals surface area contributed by atoms with Gasteiger partial charge in [-0.2, -0.15) is 8.42 Å². The van der Waals surface area contributed by atoms with Gasteiger partial charge in [-0.05, 0) is 48.2 Å². The summed E-state index contributed by atoms with van der Waals surface area (Å²) in [6.07, 6.45) is 3.56. The van der Waals surface area contributed by atoms with Gasteiger partial charge in [-0.3, -0.25) is 9.52 Å². The van der Waals surface area contributed by atoms with E-state index in [-0.39, 0.29) is 46.5 Å². The molecule has 2 aromatic rings. The molecule has 1 amide bonds. The highest BCUT2D eigenvalue weighted by molar-refractivity contribution is 7.92. The molecule has 0 bridgehead atoms. The zero-order chi connectivity index (χ0) is 27.5. The van der Waals surface area contributed by atoms with E-state index in [1.807, 2.05) is 6.92 Å². The van der Waals surface area contributed by atoms with Gasteiger partial charge in [0.25, 0.3) is 15.9 Å². The first kappa shape index (κ1) is 26.2. The summed E-state index contributed by atoms with van der Waals surface area (Å²) in [4.78, 5) is 14.9. The lowest BCUT2D eigenvalue weighted by Crippen LogP contribution is -2.49. The van der Waals surface area contributed by atoms with E-state index in [9.17, 15) is 31.1 Å². The minimum absolute atomic E-state index is 0.0357. The fourth-order valence-corrected chi connectivity index (χ4v) is 6.65. The Hall–Kier alpha value is -3.45. The van der Waals surface area contributed by atoms with Crippen molar-refractivity contribution in [2.24, 2.45) is 15.7 Å². The number of carbonyl (C=O) groups excluding carboxylic acids is 1. The number of amides is 1. The molecule has 1 fully saturated rings. The molecule has 0 spiro atoms. The van der Waals surface area contributed by atoms with E-state index in [1.165, 1.54) is 29.2 Å². The predicted octanol–water partition coefficient (Wildman–Crippen LogP) is 3.37. The van der Waals surface area contributed by atoms with Crippen molar-refractivity contribution in [3.05, 3.63) is 65.2 Å². The molecular formula is C25H27FN4O6S2. The highest BCUT2D eigenvalue weighted by atomic mass is 32.2. The second-order valence-electron chi connectivity index (χ2n) is 10.3. The summed E-state index contributed by atoms with van der Waals surface area (Å²) in [6, 6.07) is 9.60. The van der Waals surface area contributed by atoms with Gasteiger partial charge in [0.2, 0.25) is 10.0 Å². The number of nitrogens with one attached hydrogen (secondary N) is 2. The van der Waals surface area contributed by atoms with E-state index in [0.717, 1.165) is 25.2 Å².